The summed E-state index contributed by atoms with van der Waals surface area (Å²) in [4.78, 5) is 10.9. The average Bonchev–Trinajstić information content (AvgIpc) is 2.15. The number of nitrogens with one attached hydrogen (secondary N) is 1. The molecule has 1 atom stereocenters. The predicted molar refractivity (Wildman–Crippen MR) is 51.4 cm³/mol. The lowest BCUT2D eigenvalue weighted by Gasteiger charge is -2.29. The number of hydrogen-bond acceptors (Lipinski definition) is 2. The van der Waals surface area contributed by atoms with E-state index < -0.39 is 0 Å². The van der Waals surface area contributed by atoms with Gasteiger partial charge in [-0.05, 0) is 25.2 Å². The summed E-state index contributed by atoms with van der Waals surface area (Å²) in [6, 6.07) is 0.349. The molecule has 1 heterocycles. The zero-order chi connectivity index (χ0) is 9.68. The van der Waals surface area contributed by atoms with Crippen molar-refractivity contribution in [1.82, 2.24) is 5.32 Å². The van der Waals surface area contributed by atoms with E-state index in [1.165, 1.54) is 0 Å². The van der Waals surface area contributed by atoms with Crippen LogP contribution in [0.4, 0.5) is 0 Å². The van der Waals surface area contributed by atoms with Crippen LogP contribution in [0.1, 0.15) is 33.1 Å². The maximum Gasteiger partial charge on any atom is 0.217 e. The van der Waals surface area contributed by atoms with Gasteiger partial charge in [-0.1, -0.05) is 6.92 Å². The third-order valence-corrected chi connectivity index (χ3v) is 2.66. The second kappa shape index (κ2) is 5.22. The maximum atomic E-state index is 10.9. The number of rotatable bonds is 3. The Bertz CT molecular complexity index is 164. The Kier molecular flexibility index (Phi) is 4.22. The molecule has 0 aromatic heterocycles. The van der Waals surface area contributed by atoms with Gasteiger partial charge in [-0.3, -0.25) is 4.79 Å². The first-order valence-electron chi connectivity index (χ1n) is 5.09. The topological polar surface area (TPSA) is 38.3 Å². The van der Waals surface area contributed by atoms with Crippen molar-refractivity contribution in [2.75, 3.05) is 13.2 Å². The molecule has 0 aliphatic carbocycles. The molecule has 1 aliphatic rings. The lowest BCUT2D eigenvalue weighted by Crippen LogP contribution is -2.40. The van der Waals surface area contributed by atoms with E-state index in [2.05, 4.69) is 12.2 Å². The van der Waals surface area contributed by atoms with Crippen molar-refractivity contribution in [2.24, 2.45) is 5.92 Å². The molecule has 0 bridgehead atoms. The Balaban J connectivity index is 2.39. The second-order valence-corrected chi connectivity index (χ2v) is 3.67. The van der Waals surface area contributed by atoms with E-state index in [0.717, 1.165) is 32.5 Å². The van der Waals surface area contributed by atoms with E-state index in [0.29, 0.717) is 12.0 Å². The van der Waals surface area contributed by atoms with Gasteiger partial charge in [0.25, 0.3) is 0 Å². The van der Waals surface area contributed by atoms with Gasteiger partial charge in [0.15, 0.2) is 0 Å². The van der Waals surface area contributed by atoms with Crippen LogP contribution in [-0.4, -0.2) is 25.2 Å². The fraction of sp³-hybridized carbons (Fsp3) is 0.900. The van der Waals surface area contributed by atoms with Crippen molar-refractivity contribution in [1.29, 1.82) is 0 Å². The molecule has 0 aromatic rings. The first-order chi connectivity index (χ1) is 6.24. The Morgan fingerprint density at radius 1 is 1.54 bits per heavy atom. The molecule has 1 saturated heterocycles. The van der Waals surface area contributed by atoms with Gasteiger partial charge in [-0.2, -0.15) is 0 Å². The number of carbonyl (C=O) groups excluding carboxylic acids is 1. The van der Waals surface area contributed by atoms with Gasteiger partial charge < -0.3 is 10.1 Å². The number of ether oxygens (including phenoxy) is 1. The molecule has 13 heavy (non-hydrogen) atoms. The molecule has 1 fully saturated rings. The molecule has 0 spiro atoms. The quantitative estimate of drug-likeness (QED) is 0.720. The maximum absolute atomic E-state index is 10.9. The molecule has 0 radical (unpaired) electrons. The molecule has 0 saturated carbocycles. The highest BCUT2D eigenvalue weighted by atomic mass is 16.5. The summed E-state index contributed by atoms with van der Waals surface area (Å²) in [5.41, 5.74) is 0. The summed E-state index contributed by atoms with van der Waals surface area (Å²) in [5, 5.41) is 3.00. The van der Waals surface area contributed by atoms with Crippen molar-refractivity contribution in [2.45, 2.75) is 39.2 Å². The average molecular weight is 185 g/mol. The van der Waals surface area contributed by atoms with Crippen LogP contribution in [0.15, 0.2) is 0 Å². The van der Waals surface area contributed by atoms with Gasteiger partial charge in [0.2, 0.25) is 5.91 Å². The summed E-state index contributed by atoms with van der Waals surface area (Å²) in [6.07, 6.45) is 3.18. The number of hydrogen-bond donors (Lipinski definition) is 1. The molecule has 1 aliphatic heterocycles. The molecule has 3 nitrogen and oxygen atoms in total. The summed E-state index contributed by atoms with van der Waals surface area (Å²) in [7, 11) is 0. The highest BCUT2D eigenvalue weighted by Crippen LogP contribution is 2.20. The van der Waals surface area contributed by atoms with Crippen LogP contribution in [0.3, 0.4) is 0 Å². The minimum absolute atomic E-state index is 0.0818. The molecule has 0 aromatic carbocycles. The summed E-state index contributed by atoms with van der Waals surface area (Å²) in [6.45, 7) is 5.40. The lowest BCUT2D eigenvalue weighted by atomic mass is 9.90. The molecule has 1 unspecified atom stereocenters. The van der Waals surface area contributed by atoms with Gasteiger partial charge in [0.1, 0.15) is 0 Å². The zero-order valence-electron chi connectivity index (χ0n) is 8.51. The van der Waals surface area contributed by atoms with E-state index in [1.54, 1.807) is 6.92 Å². The van der Waals surface area contributed by atoms with E-state index in [1.807, 2.05) is 0 Å². The van der Waals surface area contributed by atoms with Crippen molar-refractivity contribution in [3.63, 3.8) is 0 Å². The van der Waals surface area contributed by atoms with E-state index in [9.17, 15) is 4.79 Å². The fourth-order valence-corrected chi connectivity index (χ4v) is 1.93. The fourth-order valence-electron chi connectivity index (χ4n) is 1.93. The summed E-state index contributed by atoms with van der Waals surface area (Å²) in [5.74, 6) is 0.695. The van der Waals surface area contributed by atoms with Gasteiger partial charge in [0, 0.05) is 26.2 Å². The SMILES string of the molecule is CCC(NC(C)=O)C1CCOCC1. The van der Waals surface area contributed by atoms with Gasteiger partial charge >= 0.3 is 0 Å². The van der Waals surface area contributed by atoms with Crippen LogP contribution < -0.4 is 5.32 Å². The molecule has 1 rings (SSSR count). The summed E-state index contributed by atoms with van der Waals surface area (Å²) >= 11 is 0. The Morgan fingerprint density at radius 2 is 2.15 bits per heavy atom. The van der Waals surface area contributed by atoms with Crippen LogP contribution in [0.2, 0.25) is 0 Å². The Morgan fingerprint density at radius 3 is 2.62 bits per heavy atom. The van der Waals surface area contributed by atoms with Gasteiger partial charge in [-0.15, -0.1) is 0 Å². The highest BCUT2D eigenvalue weighted by Gasteiger charge is 2.22. The highest BCUT2D eigenvalue weighted by molar-refractivity contribution is 5.73. The zero-order valence-corrected chi connectivity index (χ0v) is 8.51. The normalized spacial score (nSPS) is 21.1. The van der Waals surface area contributed by atoms with Crippen LogP contribution >= 0.6 is 0 Å². The molecule has 1 N–H and O–H groups in total. The lowest BCUT2D eigenvalue weighted by molar-refractivity contribution is -0.120. The van der Waals surface area contributed by atoms with E-state index >= 15 is 0 Å². The second-order valence-electron chi connectivity index (χ2n) is 3.67. The third-order valence-electron chi connectivity index (χ3n) is 2.66. The first kappa shape index (κ1) is 10.5. The monoisotopic (exact) mass is 185 g/mol. The van der Waals surface area contributed by atoms with Crippen molar-refractivity contribution >= 4 is 5.91 Å². The molecule has 1 amide bonds. The predicted octanol–water partition coefficient (Wildman–Crippen LogP) is 1.33. The largest absolute Gasteiger partial charge is 0.381 e. The number of amides is 1. The first-order valence-corrected chi connectivity index (χ1v) is 5.09. The third kappa shape index (κ3) is 3.35. The Labute approximate surface area is 79.8 Å². The minimum Gasteiger partial charge on any atom is -0.381 e. The molecule has 3 heteroatoms. The van der Waals surface area contributed by atoms with Crippen molar-refractivity contribution in [3.8, 4) is 0 Å². The molecular formula is C10H19NO2. The smallest absolute Gasteiger partial charge is 0.217 e. The van der Waals surface area contributed by atoms with Crippen LogP contribution in [0, 0.1) is 5.92 Å². The molecular weight excluding hydrogens is 166 g/mol. The van der Waals surface area contributed by atoms with Crippen molar-refractivity contribution in [3.05, 3.63) is 0 Å². The van der Waals surface area contributed by atoms with E-state index in [4.69, 9.17) is 4.74 Å². The standard InChI is InChI=1S/C10H19NO2/c1-3-10(11-8(2)12)9-4-6-13-7-5-9/h9-10H,3-7H2,1-2H3,(H,11,12). The van der Waals surface area contributed by atoms with Crippen LogP contribution in [0.5, 0.6) is 0 Å². The van der Waals surface area contributed by atoms with E-state index in [-0.39, 0.29) is 5.91 Å². The van der Waals surface area contributed by atoms with Crippen LogP contribution in [0.25, 0.3) is 0 Å². The molecule has 76 valence electrons. The summed E-state index contributed by atoms with van der Waals surface area (Å²) < 4.78 is 5.29. The Hall–Kier alpha value is -0.570. The van der Waals surface area contributed by atoms with Gasteiger partial charge in [-0.25, -0.2) is 0 Å². The van der Waals surface area contributed by atoms with Crippen LogP contribution in [-0.2, 0) is 9.53 Å². The minimum atomic E-state index is 0.0818. The van der Waals surface area contributed by atoms with Crippen molar-refractivity contribution < 1.29 is 9.53 Å². The van der Waals surface area contributed by atoms with Gasteiger partial charge in [0.05, 0.1) is 0 Å². The number of carbonyl (C=O) groups is 1.